The molecular formula is C25H22ClF3N2O5S. The summed E-state index contributed by atoms with van der Waals surface area (Å²) in [7, 11) is -4.50. The summed E-state index contributed by atoms with van der Waals surface area (Å²) in [6, 6.07) is 14.0. The van der Waals surface area contributed by atoms with Gasteiger partial charge in [0.25, 0.3) is 10.0 Å². The quantitative estimate of drug-likeness (QED) is 0.362. The number of alkyl halides is 3. The summed E-state index contributed by atoms with van der Waals surface area (Å²) in [5, 5.41) is 1.82. The largest absolute Gasteiger partial charge is 0.462 e. The number of halogens is 4. The second-order valence-electron chi connectivity index (χ2n) is 7.80. The van der Waals surface area contributed by atoms with Crippen LogP contribution in [0.4, 0.5) is 24.5 Å². The number of carbonyl (C=O) groups excluding carboxylic acids is 2. The molecule has 7 nitrogen and oxygen atoms in total. The molecule has 3 aromatic carbocycles. The summed E-state index contributed by atoms with van der Waals surface area (Å²) < 4.78 is 73.0. The van der Waals surface area contributed by atoms with Gasteiger partial charge in [-0.1, -0.05) is 41.4 Å². The zero-order chi connectivity index (χ0) is 27.4. The van der Waals surface area contributed by atoms with Gasteiger partial charge >= 0.3 is 12.1 Å². The zero-order valence-electron chi connectivity index (χ0n) is 19.7. The third-order valence-corrected chi connectivity index (χ3v) is 7.25. The second-order valence-corrected chi connectivity index (χ2v) is 10.1. The number of rotatable bonds is 8. The molecule has 1 N–H and O–H groups in total. The molecule has 196 valence electrons. The number of nitrogens with one attached hydrogen (secondary N) is 1. The maximum absolute atomic E-state index is 13.5. The fourth-order valence-electron chi connectivity index (χ4n) is 3.34. The number of benzene rings is 3. The van der Waals surface area contributed by atoms with Crippen LogP contribution in [0, 0.1) is 6.92 Å². The number of ether oxygens (including phenoxy) is 1. The van der Waals surface area contributed by atoms with E-state index in [1.165, 1.54) is 42.5 Å². The Labute approximate surface area is 216 Å². The van der Waals surface area contributed by atoms with Crippen LogP contribution in [0.25, 0.3) is 0 Å². The van der Waals surface area contributed by atoms with E-state index in [0.717, 1.165) is 17.7 Å². The molecule has 0 saturated carbocycles. The van der Waals surface area contributed by atoms with Crippen molar-refractivity contribution in [1.29, 1.82) is 0 Å². The number of para-hydroxylation sites is 1. The van der Waals surface area contributed by atoms with E-state index >= 15 is 0 Å². The molecule has 0 atom stereocenters. The van der Waals surface area contributed by atoms with Crippen molar-refractivity contribution in [2.45, 2.75) is 24.9 Å². The lowest BCUT2D eigenvalue weighted by Gasteiger charge is -2.25. The van der Waals surface area contributed by atoms with Crippen LogP contribution in [0.5, 0.6) is 0 Å². The van der Waals surface area contributed by atoms with Crippen molar-refractivity contribution in [2.24, 2.45) is 0 Å². The summed E-state index contributed by atoms with van der Waals surface area (Å²) in [6.45, 7) is 2.53. The molecule has 0 bridgehead atoms. The van der Waals surface area contributed by atoms with Gasteiger partial charge in [-0.05, 0) is 56.3 Å². The fraction of sp³-hybridized carbons (Fsp3) is 0.200. The van der Waals surface area contributed by atoms with Crippen molar-refractivity contribution in [2.75, 3.05) is 22.8 Å². The Bertz CT molecular complexity index is 1410. The Balaban J connectivity index is 2.04. The number of aryl methyl sites for hydroxylation is 1. The highest BCUT2D eigenvalue weighted by Gasteiger charge is 2.35. The SMILES string of the molecule is CCOC(=O)c1ccccc1NC(=O)CN(c1ccc(Cl)c(C(F)(F)F)c1)S(=O)(=O)c1ccc(C)cc1. The summed E-state index contributed by atoms with van der Waals surface area (Å²) in [5.41, 5.74) is -0.859. The van der Waals surface area contributed by atoms with Crippen LogP contribution in [0.2, 0.25) is 5.02 Å². The third kappa shape index (κ3) is 6.60. The first kappa shape index (κ1) is 28.0. The minimum Gasteiger partial charge on any atom is -0.462 e. The van der Waals surface area contributed by atoms with Gasteiger partial charge in [0.1, 0.15) is 6.54 Å². The predicted octanol–water partition coefficient (Wildman–Crippen LogP) is 5.68. The predicted molar refractivity (Wildman–Crippen MR) is 133 cm³/mol. The zero-order valence-corrected chi connectivity index (χ0v) is 21.2. The average molecular weight is 555 g/mol. The molecule has 0 aliphatic heterocycles. The maximum atomic E-state index is 13.5. The minimum absolute atomic E-state index is 0.0245. The number of carbonyl (C=O) groups is 2. The highest BCUT2D eigenvalue weighted by atomic mass is 35.5. The number of hydrogen-bond donors (Lipinski definition) is 1. The van der Waals surface area contributed by atoms with Gasteiger partial charge in [-0.15, -0.1) is 0 Å². The van der Waals surface area contributed by atoms with Crippen molar-refractivity contribution < 1.29 is 35.9 Å². The lowest BCUT2D eigenvalue weighted by atomic mass is 10.1. The first-order valence-electron chi connectivity index (χ1n) is 10.9. The smallest absolute Gasteiger partial charge is 0.417 e. The minimum atomic E-state index is -4.87. The molecule has 1 amide bonds. The lowest BCUT2D eigenvalue weighted by molar-refractivity contribution is -0.137. The summed E-state index contributed by atoms with van der Waals surface area (Å²) >= 11 is 5.71. The van der Waals surface area contributed by atoms with Gasteiger partial charge in [0.2, 0.25) is 5.91 Å². The molecule has 3 rings (SSSR count). The Hall–Kier alpha value is -3.57. The molecule has 0 heterocycles. The molecule has 0 aromatic heterocycles. The number of hydrogen-bond acceptors (Lipinski definition) is 5. The molecule has 0 unspecified atom stereocenters. The van der Waals surface area contributed by atoms with E-state index in [4.69, 9.17) is 16.3 Å². The number of esters is 1. The Kier molecular flexibility index (Phi) is 8.49. The van der Waals surface area contributed by atoms with E-state index < -0.39 is 50.9 Å². The Morgan fingerprint density at radius 2 is 1.68 bits per heavy atom. The summed E-state index contributed by atoms with van der Waals surface area (Å²) in [6.07, 6.45) is -4.87. The molecule has 0 fully saturated rings. The van der Waals surface area contributed by atoms with Crippen LogP contribution in [-0.4, -0.2) is 33.4 Å². The first-order chi connectivity index (χ1) is 17.3. The van der Waals surface area contributed by atoms with Crippen LogP contribution in [-0.2, 0) is 25.7 Å². The number of amides is 1. The van der Waals surface area contributed by atoms with Gasteiger partial charge in [0.15, 0.2) is 0 Å². The van der Waals surface area contributed by atoms with Gasteiger partial charge in [-0.25, -0.2) is 13.2 Å². The van der Waals surface area contributed by atoms with Crippen molar-refractivity contribution in [3.63, 3.8) is 0 Å². The molecule has 3 aromatic rings. The Morgan fingerprint density at radius 3 is 2.30 bits per heavy atom. The van der Waals surface area contributed by atoms with Crippen molar-refractivity contribution in [1.82, 2.24) is 0 Å². The van der Waals surface area contributed by atoms with E-state index in [9.17, 15) is 31.2 Å². The summed E-state index contributed by atoms with van der Waals surface area (Å²) in [4.78, 5) is 25.0. The summed E-state index contributed by atoms with van der Waals surface area (Å²) in [5.74, 6) is -1.62. The number of anilines is 2. The topological polar surface area (TPSA) is 92.8 Å². The molecule has 0 saturated heterocycles. The van der Waals surface area contributed by atoms with E-state index in [-0.39, 0.29) is 22.8 Å². The van der Waals surface area contributed by atoms with Gasteiger partial charge < -0.3 is 10.1 Å². The average Bonchev–Trinajstić information content (AvgIpc) is 2.83. The van der Waals surface area contributed by atoms with Crippen molar-refractivity contribution >= 4 is 44.9 Å². The van der Waals surface area contributed by atoms with Crippen LogP contribution in [0.1, 0.15) is 28.4 Å². The van der Waals surface area contributed by atoms with Gasteiger partial charge in [0, 0.05) is 0 Å². The van der Waals surface area contributed by atoms with Crippen LogP contribution in [0.3, 0.4) is 0 Å². The first-order valence-corrected chi connectivity index (χ1v) is 12.7. The lowest BCUT2D eigenvalue weighted by Crippen LogP contribution is -2.38. The van der Waals surface area contributed by atoms with Gasteiger partial charge in [0.05, 0.1) is 39.0 Å². The molecule has 0 aliphatic carbocycles. The van der Waals surface area contributed by atoms with Gasteiger partial charge in [-0.2, -0.15) is 13.2 Å². The van der Waals surface area contributed by atoms with E-state index in [1.807, 2.05) is 0 Å². The standard InChI is InChI=1S/C25H22ClF3N2O5S/c1-3-36-24(33)19-6-4-5-7-22(19)30-23(32)15-31(37(34,35)18-11-8-16(2)9-12-18)17-10-13-21(26)20(14-17)25(27,28)29/h4-14H,3,15H2,1-2H3,(H,30,32). The van der Waals surface area contributed by atoms with Crippen LogP contribution in [0.15, 0.2) is 71.6 Å². The van der Waals surface area contributed by atoms with E-state index in [0.29, 0.717) is 10.4 Å². The third-order valence-electron chi connectivity index (χ3n) is 5.14. The highest BCUT2D eigenvalue weighted by molar-refractivity contribution is 7.92. The van der Waals surface area contributed by atoms with Crippen LogP contribution >= 0.6 is 11.6 Å². The van der Waals surface area contributed by atoms with E-state index in [2.05, 4.69) is 5.32 Å². The van der Waals surface area contributed by atoms with Crippen LogP contribution < -0.4 is 9.62 Å². The van der Waals surface area contributed by atoms with E-state index in [1.54, 1.807) is 19.9 Å². The fourth-order valence-corrected chi connectivity index (χ4v) is 4.97. The van der Waals surface area contributed by atoms with Crippen molar-refractivity contribution in [3.8, 4) is 0 Å². The molecule has 0 spiro atoms. The van der Waals surface area contributed by atoms with Gasteiger partial charge in [-0.3, -0.25) is 9.10 Å². The molecule has 12 heteroatoms. The maximum Gasteiger partial charge on any atom is 0.417 e. The second kappa shape index (κ2) is 11.2. The normalized spacial score (nSPS) is 11.6. The molecule has 0 radical (unpaired) electrons. The monoisotopic (exact) mass is 554 g/mol. The number of sulfonamides is 1. The van der Waals surface area contributed by atoms with Crippen molar-refractivity contribution in [3.05, 3.63) is 88.4 Å². The number of nitrogens with zero attached hydrogens (tertiary/aromatic N) is 1. The highest BCUT2D eigenvalue weighted by Crippen LogP contribution is 2.38. The Morgan fingerprint density at radius 1 is 1.03 bits per heavy atom. The molecular weight excluding hydrogens is 533 g/mol. The molecule has 37 heavy (non-hydrogen) atoms. The molecule has 0 aliphatic rings.